The third-order valence-electron chi connectivity index (χ3n) is 4.89. The molecule has 3 rings (SSSR count). The van der Waals surface area contributed by atoms with Gasteiger partial charge in [-0.15, -0.1) is 11.3 Å². The summed E-state index contributed by atoms with van der Waals surface area (Å²) in [5.41, 5.74) is 1.42. The van der Waals surface area contributed by atoms with Crippen LogP contribution in [0.5, 0.6) is 5.75 Å². The van der Waals surface area contributed by atoms with Crippen LogP contribution in [-0.4, -0.2) is 39.8 Å². The van der Waals surface area contributed by atoms with Crippen LogP contribution in [0.3, 0.4) is 0 Å². The molecule has 0 atom stereocenters. The second-order valence-electron chi connectivity index (χ2n) is 6.93. The Morgan fingerprint density at radius 3 is 2.57 bits per heavy atom. The lowest BCUT2D eigenvalue weighted by atomic mass is 10.1. The average molecular weight is 452 g/mol. The number of rotatable bonds is 9. The first-order valence-electron chi connectivity index (χ1n) is 9.84. The van der Waals surface area contributed by atoms with Crippen molar-refractivity contribution < 1.29 is 27.5 Å². The number of esters is 1. The van der Waals surface area contributed by atoms with E-state index in [4.69, 9.17) is 9.47 Å². The largest absolute Gasteiger partial charge is 0.497 e. The number of thiophene rings is 1. The molecular formula is C21H25NO6S2. The highest BCUT2D eigenvalue weighted by Crippen LogP contribution is 2.39. The zero-order chi connectivity index (χ0) is 21.7. The Morgan fingerprint density at radius 1 is 1.17 bits per heavy atom. The van der Waals surface area contributed by atoms with Gasteiger partial charge in [0.2, 0.25) is 5.91 Å². The highest BCUT2D eigenvalue weighted by Gasteiger charge is 2.28. The SMILES string of the molecule is CCOC(=O)c1c(NC(=O)CCCS(=O)(=O)c2ccc(OC)cc2)sc2c1CCC2. The minimum Gasteiger partial charge on any atom is -0.497 e. The van der Waals surface area contributed by atoms with Crippen molar-refractivity contribution in [2.24, 2.45) is 0 Å². The minimum atomic E-state index is -3.49. The van der Waals surface area contributed by atoms with Gasteiger partial charge in [0.1, 0.15) is 10.8 Å². The standard InChI is InChI=1S/C21H25NO6S2/c1-3-28-21(24)19-16-6-4-7-17(16)29-20(19)22-18(23)8-5-13-30(25,26)15-11-9-14(27-2)10-12-15/h9-12H,3-8,13H2,1-2H3,(H,22,23). The van der Waals surface area contributed by atoms with Crippen LogP contribution >= 0.6 is 11.3 Å². The van der Waals surface area contributed by atoms with Gasteiger partial charge in [0, 0.05) is 11.3 Å². The van der Waals surface area contributed by atoms with Crippen molar-refractivity contribution in [2.45, 2.75) is 43.9 Å². The molecule has 2 aromatic rings. The third-order valence-corrected chi connectivity index (χ3v) is 7.91. The molecule has 1 aliphatic carbocycles. The summed E-state index contributed by atoms with van der Waals surface area (Å²) in [6.07, 6.45) is 2.91. The van der Waals surface area contributed by atoms with Crippen LogP contribution in [-0.2, 0) is 32.2 Å². The Bertz CT molecular complexity index is 1020. The van der Waals surface area contributed by atoms with E-state index in [-0.39, 0.29) is 36.0 Å². The fraction of sp³-hybridized carbons (Fsp3) is 0.429. The van der Waals surface area contributed by atoms with Crippen molar-refractivity contribution in [3.8, 4) is 5.75 Å². The molecule has 0 spiro atoms. The fourth-order valence-electron chi connectivity index (χ4n) is 3.42. The van der Waals surface area contributed by atoms with Gasteiger partial charge in [-0.3, -0.25) is 4.79 Å². The number of methoxy groups -OCH3 is 1. The van der Waals surface area contributed by atoms with Gasteiger partial charge in [-0.2, -0.15) is 0 Å². The summed E-state index contributed by atoms with van der Waals surface area (Å²) in [7, 11) is -1.98. The van der Waals surface area contributed by atoms with Gasteiger partial charge in [-0.05, 0) is 62.4 Å². The molecule has 1 amide bonds. The molecule has 1 aromatic carbocycles. The summed E-state index contributed by atoms with van der Waals surface area (Å²) in [6.45, 7) is 2.01. The van der Waals surface area contributed by atoms with Gasteiger partial charge in [-0.1, -0.05) is 0 Å². The first kappa shape index (κ1) is 22.3. The molecule has 1 aliphatic rings. The van der Waals surface area contributed by atoms with Gasteiger partial charge in [0.25, 0.3) is 0 Å². The number of anilines is 1. The number of sulfone groups is 1. The van der Waals surface area contributed by atoms with Gasteiger partial charge in [0.15, 0.2) is 9.84 Å². The Labute approximate surface area is 180 Å². The van der Waals surface area contributed by atoms with Crippen molar-refractivity contribution in [2.75, 3.05) is 24.8 Å². The predicted octanol–water partition coefficient (Wildman–Crippen LogP) is 3.61. The first-order valence-corrected chi connectivity index (χ1v) is 12.3. The van der Waals surface area contributed by atoms with Crippen LogP contribution in [0.15, 0.2) is 29.2 Å². The molecule has 0 radical (unpaired) electrons. The Hall–Kier alpha value is -2.39. The fourth-order valence-corrected chi connectivity index (χ4v) is 6.03. The van der Waals surface area contributed by atoms with Crippen LogP contribution in [0.4, 0.5) is 5.00 Å². The lowest BCUT2D eigenvalue weighted by Gasteiger charge is -2.08. The van der Waals surface area contributed by atoms with Gasteiger partial charge >= 0.3 is 5.97 Å². The van der Waals surface area contributed by atoms with Crippen LogP contribution in [0.1, 0.15) is 47.0 Å². The Morgan fingerprint density at radius 2 is 1.90 bits per heavy atom. The zero-order valence-electron chi connectivity index (χ0n) is 17.0. The van der Waals surface area contributed by atoms with Gasteiger partial charge in [-0.25, -0.2) is 13.2 Å². The summed E-state index contributed by atoms with van der Waals surface area (Å²) < 4.78 is 35.1. The number of aryl methyl sites for hydroxylation is 1. The Balaban J connectivity index is 1.60. The molecule has 9 heteroatoms. The van der Waals surface area contributed by atoms with Crippen LogP contribution in [0.25, 0.3) is 0 Å². The number of fused-ring (bicyclic) bond motifs is 1. The summed E-state index contributed by atoms with van der Waals surface area (Å²) in [5, 5.41) is 3.29. The van der Waals surface area contributed by atoms with E-state index < -0.39 is 15.8 Å². The number of ether oxygens (including phenoxy) is 2. The van der Waals surface area contributed by atoms with Crippen LogP contribution in [0, 0.1) is 0 Å². The zero-order valence-corrected chi connectivity index (χ0v) is 18.7. The number of amides is 1. The van der Waals surface area contributed by atoms with Crippen LogP contribution < -0.4 is 10.1 Å². The monoisotopic (exact) mass is 451 g/mol. The second-order valence-corrected chi connectivity index (χ2v) is 10.1. The molecule has 0 saturated heterocycles. The molecule has 162 valence electrons. The second kappa shape index (κ2) is 9.61. The minimum absolute atomic E-state index is 0.0419. The van der Waals surface area contributed by atoms with Crippen molar-refractivity contribution in [3.05, 3.63) is 40.3 Å². The molecular weight excluding hydrogens is 426 g/mol. The number of hydrogen-bond acceptors (Lipinski definition) is 7. The van der Waals surface area contributed by atoms with E-state index in [0.29, 0.717) is 16.3 Å². The van der Waals surface area contributed by atoms with Crippen LogP contribution in [0.2, 0.25) is 0 Å². The van der Waals surface area contributed by atoms with Crippen molar-refractivity contribution in [1.82, 2.24) is 0 Å². The highest BCUT2D eigenvalue weighted by molar-refractivity contribution is 7.91. The van der Waals surface area contributed by atoms with Crippen molar-refractivity contribution in [1.29, 1.82) is 0 Å². The smallest absolute Gasteiger partial charge is 0.341 e. The van der Waals surface area contributed by atoms with Crippen molar-refractivity contribution in [3.63, 3.8) is 0 Å². The lowest BCUT2D eigenvalue weighted by Crippen LogP contribution is -2.16. The molecule has 1 N–H and O–H groups in total. The Kier molecular flexibility index (Phi) is 7.14. The average Bonchev–Trinajstić information content (AvgIpc) is 3.28. The maximum Gasteiger partial charge on any atom is 0.341 e. The maximum absolute atomic E-state index is 12.4. The number of carbonyl (C=O) groups excluding carboxylic acids is 2. The highest BCUT2D eigenvalue weighted by atomic mass is 32.2. The molecule has 1 aromatic heterocycles. The number of carbonyl (C=O) groups is 2. The molecule has 0 bridgehead atoms. The van der Waals surface area contributed by atoms with E-state index in [2.05, 4.69) is 5.32 Å². The van der Waals surface area contributed by atoms with Gasteiger partial charge in [0.05, 0.1) is 29.9 Å². The van der Waals surface area contributed by atoms with Crippen molar-refractivity contribution >= 4 is 38.1 Å². The third kappa shape index (κ3) is 5.02. The predicted molar refractivity (Wildman–Crippen MR) is 115 cm³/mol. The first-order chi connectivity index (χ1) is 14.4. The molecule has 0 unspecified atom stereocenters. The number of hydrogen-bond donors (Lipinski definition) is 1. The summed E-state index contributed by atoms with van der Waals surface area (Å²) in [6, 6.07) is 6.17. The molecule has 0 aliphatic heterocycles. The molecule has 1 heterocycles. The van der Waals surface area contributed by atoms with E-state index in [1.54, 1.807) is 19.1 Å². The molecule has 7 nitrogen and oxygen atoms in total. The van der Waals surface area contributed by atoms with E-state index >= 15 is 0 Å². The number of nitrogens with one attached hydrogen (secondary N) is 1. The number of benzene rings is 1. The van der Waals surface area contributed by atoms with E-state index in [1.807, 2.05) is 0 Å². The summed E-state index contributed by atoms with van der Waals surface area (Å²) in [4.78, 5) is 26.1. The molecule has 30 heavy (non-hydrogen) atoms. The summed E-state index contributed by atoms with van der Waals surface area (Å²) >= 11 is 1.41. The lowest BCUT2D eigenvalue weighted by molar-refractivity contribution is -0.116. The topological polar surface area (TPSA) is 98.8 Å². The van der Waals surface area contributed by atoms with E-state index in [1.165, 1.54) is 30.6 Å². The maximum atomic E-state index is 12.4. The van der Waals surface area contributed by atoms with E-state index in [0.717, 1.165) is 29.7 Å². The normalized spacial score (nSPS) is 13.0. The summed E-state index contributed by atoms with van der Waals surface area (Å²) in [5.74, 6) is -0.299. The molecule has 0 saturated carbocycles. The quantitative estimate of drug-likeness (QED) is 0.585. The van der Waals surface area contributed by atoms with Gasteiger partial charge < -0.3 is 14.8 Å². The van der Waals surface area contributed by atoms with E-state index in [9.17, 15) is 18.0 Å². The molecule has 0 fully saturated rings.